The lowest BCUT2D eigenvalue weighted by Gasteiger charge is -2.13. The van der Waals surface area contributed by atoms with Gasteiger partial charge in [0.15, 0.2) is 0 Å². The molecule has 1 rings (SSSR count). The molecular formula is C13H18F2N2O2. The number of aliphatic hydroxyl groups is 1. The number of amides is 2. The topological polar surface area (TPSA) is 61.4 Å². The molecule has 0 bridgehead atoms. The molecule has 0 aliphatic rings. The fourth-order valence-electron chi connectivity index (χ4n) is 1.61. The van der Waals surface area contributed by atoms with Crippen LogP contribution in [0.15, 0.2) is 18.2 Å². The number of hydrogen-bond donors (Lipinski definition) is 3. The van der Waals surface area contributed by atoms with Crippen LogP contribution in [0.3, 0.4) is 0 Å². The molecule has 0 aliphatic heterocycles. The molecule has 0 saturated carbocycles. The largest absolute Gasteiger partial charge is 0.396 e. The average molecular weight is 272 g/mol. The van der Waals surface area contributed by atoms with Gasteiger partial charge in [-0.15, -0.1) is 0 Å². The van der Waals surface area contributed by atoms with Crippen LogP contribution in [0.2, 0.25) is 0 Å². The molecular weight excluding hydrogens is 254 g/mol. The van der Waals surface area contributed by atoms with E-state index in [2.05, 4.69) is 10.6 Å². The van der Waals surface area contributed by atoms with Crippen LogP contribution in [-0.2, 0) is 6.42 Å². The highest BCUT2D eigenvalue weighted by Crippen LogP contribution is 2.11. The van der Waals surface area contributed by atoms with Gasteiger partial charge in [-0.25, -0.2) is 13.6 Å². The van der Waals surface area contributed by atoms with Gasteiger partial charge in [0.1, 0.15) is 11.6 Å². The summed E-state index contributed by atoms with van der Waals surface area (Å²) in [5, 5.41) is 13.8. The number of carbonyl (C=O) groups excluding carboxylic acids is 1. The third-order valence-electron chi connectivity index (χ3n) is 2.66. The van der Waals surface area contributed by atoms with Gasteiger partial charge in [0.25, 0.3) is 0 Å². The number of nitrogens with one attached hydrogen (secondary N) is 2. The van der Waals surface area contributed by atoms with Crippen molar-refractivity contribution in [3.8, 4) is 0 Å². The molecule has 0 fully saturated rings. The van der Waals surface area contributed by atoms with Gasteiger partial charge in [0.2, 0.25) is 0 Å². The Kier molecular flexibility index (Phi) is 6.21. The van der Waals surface area contributed by atoms with Crippen molar-refractivity contribution in [3.63, 3.8) is 0 Å². The Bertz CT molecular complexity index is 407. The molecule has 106 valence electrons. The van der Waals surface area contributed by atoms with E-state index in [1.807, 2.05) is 0 Å². The fraction of sp³-hybridized carbons (Fsp3) is 0.462. The number of hydrogen-bond acceptors (Lipinski definition) is 2. The maximum atomic E-state index is 13.3. The smallest absolute Gasteiger partial charge is 0.315 e. The van der Waals surface area contributed by atoms with E-state index >= 15 is 0 Å². The second-order valence-corrected chi connectivity index (χ2v) is 4.26. The van der Waals surface area contributed by atoms with Crippen LogP contribution >= 0.6 is 0 Å². The molecule has 0 heterocycles. The Morgan fingerprint density at radius 1 is 1.37 bits per heavy atom. The number of urea groups is 1. The van der Waals surface area contributed by atoms with Crippen LogP contribution in [-0.4, -0.2) is 30.3 Å². The highest BCUT2D eigenvalue weighted by atomic mass is 19.1. The first-order valence-electron chi connectivity index (χ1n) is 6.12. The lowest BCUT2D eigenvalue weighted by Crippen LogP contribution is -2.41. The third-order valence-corrected chi connectivity index (χ3v) is 2.66. The number of aliphatic hydroxyl groups excluding tert-OH is 1. The van der Waals surface area contributed by atoms with Gasteiger partial charge in [-0.2, -0.15) is 0 Å². The van der Waals surface area contributed by atoms with Crippen LogP contribution in [0.5, 0.6) is 0 Å². The number of halogens is 2. The molecule has 1 aromatic carbocycles. The van der Waals surface area contributed by atoms with Crippen LogP contribution < -0.4 is 10.6 Å². The Hall–Kier alpha value is -1.69. The number of benzene rings is 1. The molecule has 0 aliphatic carbocycles. The Morgan fingerprint density at radius 3 is 2.58 bits per heavy atom. The Morgan fingerprint density at radius 2 is 2.00 bits per heavy atom. The summed E-state index contributed by atoms with van der Waals surface area (Å²) >= 11 is 0. The minimum atomic E-state index is -0.615. The molecule has 3 N–H and O–H groups in total. The first-order valence-corrected chi connectivity index (χ1v) is 6.12. The molecule has 0 spiro atoms. The lowest BCUT2D eigenvalue weighted by molar-refractivity contribution is 0.231. The summed E-state index contributed by atoms with van der Waals surface area (Å²) in [6, 6.07) is 3.09. The predicted molar refractivity (Wildman–Crippen MR) is 67.8 cm³/mol. The fourth-order valence-corrected chi connectivity index (χ4v) is 1.61. The molecule has 0 unspecified atom stereocenters. The summed E-state index contributed by atoms with van der Waals surface area (Å²) in [6.07, 6.45) is 0.537. The molecule has 1 atom stereocenters. The van der Waals surface area contributed by atoms with E-state index in [1.54, 1.807) is 6.92 Å². The molecule has 1 aromatic rings. The first-order chi connectivity index (χ1) is 9.04. The number of rotatable bonds is 6. The highest BCUT2D eigenvalue weighted by molar-refractivity contribution is 5.74. The van der Waals surface area contributed by atoms with Gasteiger partial charge < -0.3 is 15.7 Å². The summed E-state index contributed by atoms with van der Waals surface area (Å²) in [5.41, 5.74) is -0.0359. The molecule has 2 amide bonds. The summed E-state index contributed by atoms with van der Waals surface area (Å²) < 4.78 is 26.6. The summed E-state index contributed by atoms with van der Waals surface area (Å²) in [7, 11) is 0. The van der Waals surface area contributed by atoms with E-state index in [9.17, 15) is 13.6 Å². The maximum absolute atomic E-state index is 13.3. The van der Waals surface area contributed by atoms with Gasteiger partial charge in [-0.05, 0) is 31.9 Å². The predicted octanol–water partition coefficient (Wildman–Crippen LogP) is 1.58. The van der Waals surface area contributed by atoms with Crippen molar-refractivity contribution in [3.05, 3.63) is 35.4 Å². The van der Waals surface area contributed by atoms with E-state index in [-0.39, 0.29) is 31.2 Å². The lowest BCUT2D eigenvalue weighted by atomic mass is 10.1. The minimum absolute atomic E-state index is 0.0120. The van der Waals surface area contributed by atoms with Crippen molar-refractivity contribution in [2.75, 3.05) is 13.2 Å². The standard InChI is InChI=1S/C13H18F2N2O2/c1-9(6-8-18)17-13(19)16-7-5-10-11(14)3-2-4-12(10)15/h2-4,9,18H,5-8H2,1H3,(H2,16,17,19)/t9-/m1/s1. The molecule has 0 aromatic heterocycles. The summed E-state index contributed by atoms with van der Waals surface area (Å²) in [6.45, 7) is 1.88. The van der Waals surface area contributed by atoms with E-state index in [4.69, 9.17) is 5.11 Å². The normalized spacial score (nSPS) is 12.0. The summed E-state index contributed by atoms with van der Waals surface area (Å²) in [5.74, 6) is -1.23. The zero-order valence-corrected chi connectivity index (χ0v) is 10.7. The van der Waals surface area contributed by atoms with Crippen molar-refractivity contribution in [1.29, 1.82) is 0 Å². The minimum Gasteiger partial charge on any atom is -0.396 e. The van der Waals surface area contributed by atoms with Gasteiger partial charge >= 0.3 is 6.03 Å². The second-order valence-electron chi connectivity index (χ2n) is 4.26. The molecule has 4 nitrogen and oxygen atoms in total. The quantitative estimate of drug-likeness (QED) is 0.736. The van der Waals surface area contributed by atoms with Crippen molar-refractivity contribution < 1.29 is 18.7 Å². The van der Waals surface area contributed by atoms with E-state index in [1.165, 1.54) is 18.2 Å². The first kappa shape index (κ1) is 15.4. The van der Waals surface area contributed by atoms with E-state index in [0.717, 1.165) is 0 Å². The zero-order valence-electron chi connectivity index (χ0n) is 10.7. The molecule has 19 heavy (non-hydrogen) atoms. The van der Waals surface area contributed by atoms with Crippen LogP contribution in [0, 0.1) is 11.6 Å². The van der Waals surface area contributed by atoms with Gasteiger partial charge in [0.05, 0.1) is 0 Å². The van der Waals surface area contributed by atoms with Crippen LogP contribution in [0.1, 0.15) is 18.9 Å². The highest BCUT2D eigenvalue weighted by Gasteiger charge is 2.09. The monoisotopic (exact) mass is 272 g/mol. The third kappa shape index (κ3) is 5.21. The van der Waals surface area contributed by atoms with Crippen molar-refractivity contribution in [2.45, 2.75) is 25.8 Å². The van der Waals surface area contributed by atoms with Gasteiger partial charge in [-0.1, -0.05) is 6.07 Å². The zero-order chi connectivity index (χ0) is 14.3. The number of carbonyl (C=O) groups is 1. The van der Waals surface area contributed by atoms with Crippen LogP contribution in [0.4, 0.5) is 13.6 Å². The van der Waals surface area contributed by atoms with Gasteiger partial charge in [-0.3, -0.25) is 0 Å². The van der Waals surface area contributed by atoms with Crippen molar-refractivity contribution >= 4 is 6.03 Å². The molecule has 6 heteroatoms. The van der Waals surface area contributed by atoms with Crippen molar-refractivity contribution in [2.24, 2.45) is 0 Å². The summed E-state index contributed by atoms with van der Waals surface area (Å²) in [4.78, 5) is 11.4. The average Bonchev–Trinajstić information content (AvgIpc) is 2.33. The van der Waals surface area contributed by atoms with Gasteiger partial charge in [0, 0.05) is 24.8 Å². The van der Waals surface area contributed by atoms with Crippen LogP contribution in [0.25, 0.3) is 0 Å². The Labute approximate surface area is 110 Å². The Balaban J connectivity index is 2.36. The van der Waals surface area contributed by atoms with E-state index in [0.29, 0.717) is 6.42 Å². The molecule has 0 saturated heterocycles. The molecule has 0 radical (unpaired) electrons. The second kappa shape index (κ2) is 7.68. The van der Waals surface area contributed by atoms with E-state index < -0.39 is 17.7 Å². The SMILES string of the molecule is C[C@H](CCO)NC(=O)NCCc1c(F)cccc1F. The maximum Gasteiger partial charge on any atom is 0.315 e. The van der Waals surface area contributed by atoms with Crippen molar-refractivity contribution in [1.82, 2.24) is 10.6 Å².